The van der Waals surface area contributed by atoms with Crippen LogP contribution in [0.1, 0.15) is 21.5 Å². The van der Waals surface area contributed by atoms with E-state index in [4.69, 9.17) is 4.74 Å². The average Bonchev–Trinajstić information content (AvgIpc) is 2.42. The number of nitrogens with one attached hydrogen (secondary N) is 1. The second-order valence-electron chi connectivity index (χ2n) is 4.60. The largest absolute Gasteiger partial charge is 0.496 e. The Morgan fingerprint density at radius 2 is 1.85 bits per heavy atom. The molecule has 0 fully saturated rings. The fourth-order valence-electron chi connectivity index (χ4n) is 1.94. The van der Waals surface area contributed by atoms with Crippen LogP contribution in [0, 0.1) is 19.7 Å². The maximum absolute atomic E-state index is 13.2. The van der Waals surface area contributed by atoms with E-state index in [0.29, 0.717) is 11.3 Å². The lowest BCUT2D eigenvalue weighted by Crippen LogP contribution is -2.13. The van der Waals surface area contributed by atoms with Crippen molar-refractivity contribution in [2.24, 2.45) is 0 Å². The smallest absolute Gasteiger partial charge is 0.255 e. The van der Waals surface area contributed by atoms with Crippen molar-refractivity contribution in [1.29, 1.82) is 0 Å². The Hall–Kier alpha value is -2.36. The van der Waals surface area contributed by atoms with Crippen LogP contribution < -0.4 is 10.1 Å². The molecular weight excluding hydrogens is 257 g/mol. The summed E-state index contributed by atoms with van der Waals surface area (Å²) in [4.78, 5) is 12.2. The van der Waals surface area contributed by atoms with Crippen LogP contribution in [0.25, 0.3) is 0 Å². The molecule has 0 aromatic heterocycles. The summed E-state index contributed by atoms with van der Waals surface area (Å²) in [7, 11) is 1.58. The second-order valence-corrected chi connectivity index (χ2v) is 4.60. The molecule has 2 aromatic carbocycles. The highest BCUT2D eigenvalue weighted by atomic mass is 19.1. The van der Waals surface area contributed by atoms with E-state index in [1.807, 2.05) is 13.8 Å². The third-order valence-electron chi connectivity index (χ3n) is 3.10. The third kappa shape index (κ3) is 2.96. The van der Waals surface area contributed by atoms with Gasteiger partial charge in [-0.3, -0.25) is 4.79 Å². The number of hydrogen-bond donors (Lipinski definition) is 1. The Bertz CT molecular complexity index is 653. The Morgan fingerprint density at radius 3 is 2.50 bits per heavy atom. The zero-order chi connectivity index (χ0) is 14.7. The normalized spacial score (nSPS) is 10.2. The Labute approximate surface area is 117 Å². The number of rotatable bonds is 3. The summed E-state index contributed by atoms with van der Waals surface area (Å²) in [5.41, 5.74) is 2.66. The van der Waals surface area contributed by atoms with Gasteiger partial charge in [0.15, 0.2) is 0 Å². The second kappa shape index (κ2) is 5.74. The van der Waals surface area contributed by atoms with Crippen molar-refractivity contribution in [2.45, 2.75) is 13.8 Å². The lowest BCUT2D eigenvalue weighted by Gasteiger charge is -2.10. The molecule has 0 atom stereocenters. The van der Waals surface area contributed by atoms with E-state index in [2.05, 4.69) is 5.32 Å². The molecule has 0 unspecified atom stereocenters. The number of aryl methyl sites for hydroxylation is 2. The molecule has 0 saturated heterocycles. The summed E-state index contributed by atoms with van der Waals surface area (Å²) in [6, 6.07) is 9.46. The predicted molar refractivity (Wildman–Crippen MR) is 76.8 cm³/mol. The lowest BCUT2D eigenvalue weighted by molar-refractivity contribution is 0.102. The molecule has 2 aromatic rings. The molecule has 1 N–H and O–H groups in total. The van der Waals surface area contributed by atoms with E-state index in [1.165, 1.54) is 12.1 Å². The van der Waals surface area contributed by atoms with Gasteiger partial charge >= 0.3 is 0 Å². The maximum atomic E-state index is 13.2. The van der Waals surface area contributed by atoms with E-state index in [0.717, 1.165) is 16.9 Å². The number of hydrogen-bond acceptors (Lipinski definition) is 2. The number of anilines is 1. The molecule has 104 valence electrons. The van der Waals surface area contributed by atoms with Crippen molar-refractivity contribution in [1.82, 2.24) is 0 Å². The summed E-state index contributed by atoms with van der Waals surface area (Å²) in [6.45, 7) is 3.68. The molecule has 4 heteroatoms. The zero-order valence-corrected chi connectivity index (χ0v) is 11.7. The molecule has 0 saturated carbocycles. The molecule has 0 spiro atoms. The predicted octanol–water partition coefficient (Wildman–Crippen LogP) is 3.70. The van der Waals surface area contributed by atoms with Gasteiger partial charge in [0.2, 0.25) is 0 Å². The van der Waals surface area contributed by atoms with Gasteiger partial charge in [0.05, 0.1) is 7.11 Å². The Morgan fingerprint density at radius 1 is 1.10 bits per heavy atom. The SMILES string of the molecule is COc1ccc(C(=O)Nc2cc(F)ccc2C)cc1C. The number of carbonyl (C=O) groups is 1. The number of carbonyl (C=O) groups excluding carboxylic acids is 1. The molecule has 0 aliphatic rings. The molecule has 0 bridgehead atoms. The van der Waals surface area contributed by atoms with E-state index in [1.54, 1.807) is 31.4 Å². The van der Waals surface area contributed by atoms with E-state index < -0.39 is 0 Å². The first-order valence-corrected chi connectivity index (χ1v) is 6.23. The van der Waals surface area contributed by atoms with E-state index >= 15 is 0 Å². The van der Waals surface area contributed by atoms with Gasteiger partial charge in [-0.2, -0.15) is 0 Å². The first-order chi connectivity index (χ1) is 9.51. The summed E-state index contributed by atoms with van der Waals surface area (Å²) >= 11 is 0. The van der Waals surface area contributed by atoms with Gasteiger partial charge in [-0.05, 0) is 55.3 Å². The van der Waals surface area contributed by atoms with Gasteiger partial charge in [0.25, 0.3) is 5.91 Å². The average molecular weight is 273 g/mol. The fourth-order valence-corrected chi connectivity index (χ4v) is 1.94. The molecule has 3 nitrogen and oxygen atoms in total. The van der Waals surface area contributed by atoms with Gasteiger partial charge in [0, 0.05) is 11.3 Å². The van der Waals surface area contributed by atoms with Crippen LogP contribution in [-0.4, -0.2) is 13.0 Å². The molecule has 0 radical (unpaired) electrons. The number of halogens is 1. The van der Waals surface area contributed by atoms with Gasteiger partial charge in [-0.25, -0.2) is 4.39 Å². The number of methoxy groups -OCH3 is 1. The highest BCUT2D eigenvalue weighted by molar-refractivity contribution is 6.04. The Balaban J connectivity index is 2.24. The molecule has 0 aliphatic heterocycles. The van der Waals surface area contributed by atoms with Crippen LogP contribution in [0.4, 0.5) is 10.1 Å². The van der Waals surface area contributed by atoms with Gasteiger partial charge in [0.1, 0.15) is 11.6 Å². The van der Waals surface area contributed by atoms with Crippen LogP contribution in [-0.2, 0) is 0 Å². The highest BCUT2D eigenvalue weighted by Gasteiger charge is 2.10. The number of benzene rings is 2. The minimum absolute atomic E-state index is 0.274. The molecule has 1 amide bonds. The van der Waals surface area contributed by atoms with E-state index in [-0.39, 0.29) is 11.7 Å². The summed E-state index contributed by atoms with van der Waals surface area (Å²) < 4.78 is 18.3. The van der Waals surface area contributed by atoms with Crippen molar-refractivity contribution in [3.63, 3.8) is 0 Å². The standard InChI is InChI=1S/C16H16FNO2/c1-10-4-6-13(17)9-14(10)18-16(19)12-5-7-15(20-3)11(2)8-12/h4-9H,1-3H3,(H,18,19). The minimum atomic E-state index is -0.378. The molecule has 20 heavy (non-hydrogen) atoms. The summed E-state index contributed by atoms with van der Waals surface area (Å²) in [6.07, 6.45) is 0. The monoisotopic (exact) mass is 273 g/mol. The maximum Gasteiger partial charge on any atom is 0.255 e. The number of amides is 1. The van der Waals surface area contributed by atoms with Gasteiger partial charge in [-0.1, -0.05) is 6.07 Å². The van der Waals surface area contributed by atoms with Gasteiger partial charge < -0.3 is 10.1 Å². The zero-order valence-electron chi connectivity index (χ0n) is 11.7. The first kappa shape index (κ1) is 14.1. The summed E-state index contributed by atoms with van der Waals surface area (Å²) in [5.74, 6) is 0.0738. The summed E-state index contributed by atoms with van der Waals surface area (Å²) in [5, 5.41) is 2.71. The quantitative estimate of drug-likeness (QED) is 0.926. The van der Waals surface area contributed by atoms with Crippen LogP contribution >= 0.6 is 0 Å². The molecule has 0 aliphatic carbocycles. The van der Waals surface area contributed by atoms with Crippen LogP contribution in [0.2, 0.25) is 0 Å². The highest BCUT2D eigenvalue weighted by Crippen LogP contribution is 2.21. The van der Waals surface area contributed by atoms with Crippen LogP contribution in [0.15, 0.2) is 36.4 Å². The van der Waals surface area contributed by atoms with Crippen molar-refractivity contribution >= 4 is 11.6 Å². The first-order valence-electron chi connectivity index (χ1n) is 6.23. The van der Waals surface area contributed by atoms with Crippen molar-refractivity contribution in [3.8, 4) is 5.75 Å². The van der Waals surface area contributed by atoms with Crippen LogP contribution in [0.3, 0.4) is 0 Å². The molecule has 2 rings (SSSR count). The number of ether oxygens (including phenoxy) is 1. The van der Waals surface area contributed by atoms with Gasteiger partial charge in [-0.15, -0.1) is 0 Å². The molecular formula is C16H16FNO2. The van der Waals surface area contributed by atoms with Crippen molar-refractivity contribution < 1.29 is 13.9 Å². The minimum Gasteiger partial charge on any atom is -0.496 e. The lowest BCUT2D eigenvalue weighted by atomic mass is 10.1. The van der Waals surface area contributed by atoms with Crippen molar-refractivity contribution in [3.05, 3.63) is 58.9 Å². The van der Waals surface area contributed by atoms with E-state index in [9.17, 15) is 9.18 Å². The Kier molecular flexibility index (Phi) is 4.03. The third-order valence-corrected chi connectivity index (χ3v) is 3.10. The topological polar surface area (TPSA) is 38.3 Å². The van der Waals surface area contributed by atoms with Crippen molar-refractivity contribution in [2.75, 3.05) is 12.4 Å². The van der Waals surface area contributed by atoms with Crippen LogP contribution in [0.5, 0.6) is 5.75 Å². The fraction of sp³-hybridized carbons (Fsp3) is 0.188. The molecule has 0 heterocycles.